The molecule has 0 unspecified atom stereocenters. The Kier molecular flexibility index (Phi) is 5.61. The second-order valence-electron chi connectivity index (χ2n) is 4.46. The van der Waals surface area contributed by atoms with E-state index >= 15 is 0 Å². The van der Waals surface area contributed by atoms with Crippen molar-refractivity contribution < 1.29 is 13.9 Å². The second kappa shape index (κ2) is 7.66. The maximum absolute atomic E-state index is 13.2. The number of nitrogens with one attached hydrogen (secondary N) is 2. The summed E-state index contributed by atoms with van der Waals surface area (Å²) >= 11 is 5.97. The SMILES string of the molecule is CCOc1cc(F)ccc1NCC(=O)Nc1ccccc1Cl. The number of benzene rings is 2. The summed E-state index contributed by atoms with van der Waals surface area (Å²) in [5.41, 5.74) is 1.10. The number of rotatable bonds is 6. The fourth-order valence-electron chi connectivity index (χ4n) is 1.85. The van der Waals surface area contributed by atoms with Crippen LogP contribution in [0.3, 0.4) is 0 Å². The fraction of sp³-hybridized carbons (Fsp3) is 0.188. The van der Waals surface area contributed by atoms with Gasteiger partial charge in [0.15, 0.2) is 0 Å². The average molecular weight is 323 g/mol. The number of anilines is 2. The molecule has 0 aliphatic heterocycles. The third-order valence-electron chi connectivity index (χ3n) is 2.83. The van der Waals surface area contributed by atoms with Crippen LogP contribution in [0.2, 0.25) is 5.02 Å². The molecule has 0 aliphatic rings. The molecule has 0 fully saturated rings. The van der Waals surface area contributed by atoms with Gasteiger partial charge in [0.25, 0.3) is 0 Å². The minimum Gasteiger partial charge on any atom is -0.492 e. The summed E-state index contributed by atoms with van der Waals surface area (Å²) in [6.45, 7) is 2.22. The van der Waals surface area contributed by atoms with Crippen LogP contribution in [-0.4, -0.2) is 19.1 Å². The molecule has 0 saturated heterocycles. The molecule has 0 radical (unpaired) electrons. The van der Waals surface area contributed by atoms with Gasteiger partial charge in [-0.15, -0.1) is 0 Å². The fourth-order valence-corrected chi connectivity index (χ4v) is 2.03. The van der Waals surface area contributed by atoms with Gasteiger partial charge in [0.2, 0.25) is 5.91 Å². The third kappa shape index (κ3) is 4.36. The first-order valence-electron chi connectivity index (χ1n) is 6.80. The molecule has 0 aliphatic carbocycles. The van der Waals surface area contributed by atoms with Crippen LogP contribution < -0.4 is 15.4 Å². The number of para-hydroxylation sites is 1. The lowest BCUT2D eigenvalue weighted by atomic mass is 10.2. The molecule has 2 N–H and O–H groups in total. The molecule has 1 amide bonds. The van der Waals surface area contributed by atoms with Crippen molar-refractivity contribution >= 4 is 28.9 Å². The van der Waals surface area contributed by atoms with Gasteiger partial charge < -0.3 is 15.4 Å². The Morgan fingerprint density at radius 3 is 2.73 bits per heavy atom. The number of ether oxygens (including phenoxy) is 1. The predicted octanol–water partition coefficient (Wildman–Crippen LogP) is 3.93. The van der Waals surface area contributed by atoms with Crippen LogP contribution in [0, 0.1) is 5.82 Å². The summed E-state index contributed by atoms with van der Waals surface area (Å²) in [5, 5.41) is 6.08. The molecule has 0 bridgehead atoms. The highest BCUT2D eigenvalue weighted by atomic mass is 35.5. The standard InChI is InChI=1S/C16H16ClFN2O2/c1-2-22-15-9-11(18)7-8-14(15)19-10-16(21)20-13-6-4-3-5-12(13)17/h3-9,19H,2,10H2,1H3,(H,20,21). The zero-order chi connectivity index (χ0) is 15.9. The molecule has 2 aromatic rings. The van der Waals surface area contributed by atoms with Crippen molar-refractivity contribution in [2.24, 2.45) is 0 Å². The van der Waals surface area contributed by atoms with Crippen molar-refractivity contribution in [3.8, 4) is 5.75 Å². The molecule has 4 nitrogen and oxygen atoms in total. The van der Waals surface area contributed by atoms with Crippen molar-refractivity contribution in [1.82, 2.24) is 0 Å². The maximum Gasteiger partial charge on any atom is 0.243 e. The van der Waals surface area contributed by atoms with Crippen LogP contribution in [0.1, 0.15) is 6.92 Å². The van der Waals surface area contributed by atoms with E-state index in [-0.39, 0.29) is 12.5 Å². The Morgan fingerprint density at radius 2 is 2.00 bits per heavy atom. The molecule has 116 valence electrons. The zero-order valence-corrected chi connectivity index (χ0v) is 12.8. The Labute approximate surface area is 133 Å². The molecule has 22 heavy (non-hydrogen) atoms. The van der Waals surface area contributed by atoms with Crippen LogP contribution in [0.25, 0.3) is 0 Å². The highest BCUT2D eigenvalue weighted by Crippen LogP contribution is 2.25. The van der Waals surface area contributed by atoms with E-state index in [1.165, 1.54) is 18.2 Å². The van der Waals surface area contributed by atoms with Crippen molar-refractivity contribution in [1.29, 1.82) is 0 Å². The first-order chi connectivity index (χ1) is 10.6. The Bertz CT molecular complexity index is 664. The summed E-state index contributed by atoms with van der Waals surface area (Å²) in [7, 11) is 0. The van der Waals surface area contributed by atoms with E-state index < -0.39 is 5.82 Å². The summed E-state index contributed by atoms with van der Waals surface area (Å²) in [4.78, 5) is 11.9. The topological polar surface area (TPSA) is 50.4 Å². The monoisotopic (exact) mass is 322 g/mol. The number of carbonyl (C=O) groups is 1. The van der Waals surface area contributed by atoms with E-state index in [4.69, 9.17) is 16.3 Å². The highest BCUT2D eigenvalue weighted by molar-refractivity contribution is 6.33. The smallest absolute Gasteiger partial charge is 0.243 e. The highest BCUT2D eigenvalue weighted by Gasteiger charge is 2.08. The summed E-state index contributed by atoms with van der Waals surface area (Å²) in [6, 6.07) is 11.1. The van der Waals surface area contributed by atoms with E-state index in [9.17, 15) is 9.18 Å². The van der Waals surface area contributed by atoms with Gasteiger partial charge in [0.05, 0.1) is 29.5 Å². The Balaban J connectivity index is 1.98. The lowest BCUT2D eigenvalue weighted by molar-refractivity contribution is -0.114. The summed E-state index contributed by atoms with van der Waals surface area (Å²) in [5.74, 6) is -0.289. The van der Waals surface area contributed by atoms with Crippen molar-refractivity contribution in [3.63, 3.8) is 0 Å². The Morgan fingerprint density at radius 1 is 1.23 bits per heavy atom. The average Bonchev–Trinajstić information content (AvgIpc) is 2.49. The van der Waals surface area contributed by atoms with Crippen molar-refractivity contribution in [2.75, 3.05) is 23.8 Å². The first kappa shape index (κ1) is 16.1. The molecule has 6 heteroatoms. The van der Waals surface area contributed by atoms with Gasteiger partial charge in [0, 0.05) is 6.07 Å². The minimum atomic E-state index is -0.394. The lowest BCUT2D eigenvalue weighted by Gasteiger charge is -2.13. The van der Waals surface area contributed by atoms with E-state index in [2.05, 4.69) is 10.6 Å². The first-order valence-corrected chi connectivity index (χ1v) is 7.18. The summed E-state index contributed by atoms with van der Waals surface area (Å²) in [6.07, 6.45) is 0. The van der Waals surface area contributed by atoms with Gasteiger partial charge in [-0.25, -0.2) is 4.39 Å². The molecular formula is C16H16ClFN2O2. The molecule has 0 atom stereocenters. The molecule has 0 saturated carbocycles. The number of amides is 1. The van der Waals surface area contributed by atoms with Gasteiger partial charge in [-0.1, -0.05) is 23.7 Å². The van der Waals surface area contributed by atoms with Gasteiger partial charge in [-0.2, -0.15) is 0 Å². The third-order valence-corrected chi connectivity index (χ3v) is 3.16. The number of halogens is 2. The van der Waals surface area contributed by atoms with Crippen LogP contribution in [0.15, 0.2) is 42.5 Å². The van der Waals surface area contributed by atoms with E-state index in [0.29, 0.717) is 28.8 Å². The minimum absolute atomic E-state index is 0.0108. The van der Waals surface area contributed by atoms with Crippen LogP contribution >= 0.6 is 11.6 Å². The second-order valence-corrected chi connectivity index (χ2v) is 4.86. The predicted molar refractivity (Wildman–Crippen MR) is 86.1 cm³/mol. The number of hydrogen-bond acceptors (Lipinski definition) is 3. The van der Waals surface area contributed by atoms with Gasteiger partial charge in [-0.3, -0.25) is 4.79 Å². The molecule has 0 heterocycles. The Hall–Kier alpha value is -2.27. The van der Waals surface area contributed by atoms with E-state index in [1.54, 1.807) is 31.2 Å². The molecule has 0 aromatic heterocycles. The van der Waals surface area contributed by atoms with E-state index in [1.807, 2.05) is 0 Å². The van der Waals surface area contributed by atoms with Gasteiger partial charge in [0.1, 0.15) is 11.6 Å². The molecular weight excluding hydrogens is 307 g/mol. The zero-order valence-electron chi connectivity index (χ0n) is 12.0. The van der Waals surface area contributed by atoms with Crippen LogP contribution in [0.5, 0.6) is 5.75 Å². The number of carbonyl (C=O) groups excluding carboxylic acids is 1. The normalized spacial score (nSPS) is 10.1. The van der Waals surface area contributed by atoms with Crippen LogP contribution in [-0.2, 0) is 4.79 Å². The quantitative estimate of drug-likeness (QED) is 0.847. The largest absolute Gasteiger partial charge is 0.492 e. The van der Waals surface area contributed by atoms with Crippen molar-refractivity contribution in [3.05, 3.63) is 53.3 Å². The van der Waals surface area contributed by atoms with E-state index in [0.717, 1.165) is 0 Å². The van der Waals surface area contributed by atoms with Crippen molar-refractivity contribution in [2.45, 2.75) is 6.92 Å². The van der Waals surface area contributed by atoms with Crippen LogP contribution in [0.4, 0.5) is 15.8 Å². The molecule has 2 rings (SSSR count). The summed E-state index contributed by atoms with van der Waals surface area (Å²) < 4.78 is 18.5. The molecule has 2 aromatic carbocycles. The number of hydrogen-bond donors (Lipinski definition) is 2. The maximum atomic E-state index is 13.2. The lowest BCUT2D eigenvalue weighted by Crippen LogP contribution is -2.22. The molecule has 0 spiro atoms. The van der Waals surface area contributed by atoms with Gasteiger partial charge in [-0.05, 0) is 31.2 Å². The van der Waals surface area contributed by atoms with Gasteiger partial charge >= 0.3 is 0 Å².